The highest BCUT2D eigenvalue weighted by molar-refractivity contribution is 7.19. The molecule has 2 nitrogen and oxygen atoms in total. The zero-order chi connectivity index (χ0) is 11.4. The molecular formula is C13H10O2S. The Morgan fingerprint density at radius 1 is 1.44 bits per heavy atom. The molecule has 2 aromatic rings. The van der Waals surface area contributed by atoms with Crippen LogP contribution in [0.2, 0.25) is 0 Å². The van der Waals surface area contributed by atoms with Gasteiger partial charge in [0, 0.05) is 10.6 Å². The summed E-state index contributed by atoms with van der Waals surface area (Å²) in [5, 5.41) is 1.15. The van der Waals surface area contributed by atoms with Crippen LogP contribution in [0.5, 0.6) is 0 Å². The molecule has 0 aliphatic rings. The lowest BCUT2D eigenvalue weighted by Crippen LogP contribution is -1.99. The zero-order valence-corrected chi connectivity index (χ0v) is 9.64. The molecule has 0 fully saturated rings. The van der Waals surface area contributed by atoms with Crippen molar-refractivity contribution in [2.45, 2.75) is 6.92 Å². The monoisotopic (exact) mass is 230 g/mol. The minimum Gasteiger partial charge on any atom is -0.456 e. The number of esters is 1. The molecule has 0 aliphatic carbocycles. The van der Waals surface area contributed by atoms with Crippen molar-refractivity contribution in [3.63, 3.8) is 0 Å². The number of ether oxygens (including phenoxy) is 1. The summed E-state index contributed by atoms with van der Waals surface area (Å²) in [5.41, 5.74) is 0. The molecule has 0 radical (unpaired) electrons. The smallest absolute Gasteiger partial charge is 0.384 e. The van der Waals surface area contributed by atoms with Gasteiger partial charge >= 0.3 is 5.97 Å². The van der Waals surface area contributed by atoms with Crippen molar-refractivity contribution in [2.24, 2.45) is 0 Å². The van der Waals surface area contributed by atoms with E-state index in [9.17, 15) is 4.79 Å². The number of benzene rings is 1. The van der Waals surface area contributed by atoms with Crippen molar-refractivity contribution in [1.82, 2.24) is 0 Å². The van der Waals surface area contributed by atoms with Crippen molar-refractivity contribution >= 4 is 27.4 Å². The average Bonchev–Trinajstić information content (AvgIpc) is 2.69. The highest BCUT2D eigenvalue weighted by Gasteiger charge is 1.98. The lowest BCUT2D eigenvalue weighted by molar-refractivity contribution is -0.136. The van der Waals surface area contributed by atoms with E-state index in [2.05, 4.69) is 11.8 Å². The Morgan fingerprint density at radius 2 is 2.25 bits per heavy atom. The summed E-state index contributed by atoms with van der Waals surface area (Å²) in [4.78, 5) is 11.9. The second kappa shape index (κ2) is 4.82. The van der Waals surface area contributed by atoms with Gasteiger partial charge in [-0.25, -0.2) is 4.79 Å². The summed E-state index contributed by atoms with van der Waals surface area (Å²) in [5.74, 6) is 4.80. The molecule has 1 aromatic carbocycles. The van der Waals surface area contributed by atoms with Gasteiger partial charge in [-0.3, -0.25) is 0 Å². The standard InChI is InChI=1S/C13H10O2S/c1-2-15-13(14)8-7-11-9-10-5-3-4-6-12(10)16-11/h3-6,9H,2H2,1H3. The Kier molecular flexibility index (Phi) is 3.23. The number of fused-ring (bicyclic) bond motifs is 1. The summed E-state index contributed by atoms with van der Waals surface area (Å²) in [6.45, 7) is 2.12. The van der Waals surface area contributed by atoms with Gasteiger partial charge in [0.1, 0.15) is 0 Å². The maximum absolute atomic E-state index is 11.0. The summed E-state index contributed by atoms with van der Waals surface area (Å²) < 4.78 is 5.91. The molecule has 0 amide bonds. The Bertz CT molecular complexity index is 539. The zero-order valence-electron chi connectivity index (χ0n) is 8.82. The normalized spacial score (nSPS) is 9.56. The van der Waals surface area contributed by atoms with Crippen LogP contribution in [0, 0.1) is 11.8 Å². The molecule has 0 unspecified atom stereocenters. The van der Waals surface area contributed by atoms with E-state index in [4.69, 9.17) is 4.74 Å². The van der Waals surface area contributed by atoms with E-state index < -0.39 is 5.97 Å². The molecule has 0 N–H and O–H groups in total. The van der Waals surface area contributed by atoms with Crippen LogP contribution in [-0.4, -0.2) is 12.6 Å². The van der Waals surface area contributed by atoms with E-state index in [0.29, 0.717) is 6.61 Å². The second-order valence-electron chi connectivity index (χ2n) is 3.12. The number of thiophene rings is 1. The van der Waals surface area contributed by atoms with Crippen LogP contribution >= 0.6 is 11.3 Å². The van der Waals surface area contributed by atoms with Crippen molar-refractivity contribution < 1.29 is 9.53 Å². The molecule has 16 heavy (non-hydrogen) atoms. The van der Waals surface area contributed by atoms with E-state index in [1.54, 1.807) is 18.3 Å². The molecule has 3 heteroatoms. The van der Waals surface area contributed by atoms with Gasteiger partial charge in [-0.2, -0.15) is 0 Å². The molecular weight excluding hydrogens is 220 g/mol. The highest BCUT2D eigenvalue weighted by atomic mass is 32.1. The first-order valence-electron chi connectivity index (χ1n) is 4.97. The molecule has 0 bridgehead atoms. The molecule has 1 heterocycles. The number of hydrogen-bond donors (Lipinski definition) is 0. The van der Waals surface area contributed by atoms with Gasteiger partial charge in [0.2, 0.25) is 0 Å². The summed E-state index contributed by atoms with van der Waals surface area (Å²) in [7, 11) is 0. The summed E-state index contributed by atoms with van der Waals surface area (Å²) in [6, 6.07) is 10.0. The Balaban J connectivity index is 2.24. The first-order chi connectivity index (χ1) is 7.79. The Hall–Kier alpha value is -1.79. The van der Waals surface area contributed by atoms with Gasteiger partial charge in [-0.15, -0.1) is 11.3 Å². The SMILES string of the molecule is CCOC(=O)C#Cc1cc2ccccc2s1. The second-order valence-corrected chi connectivity index (χ2v) is 4.20. The summed E-state index contributed by atoms with van der Waals surface area (Å²) >= 11 is 1.58. The molecule has 1 aromatic heterocycles. The first kappa shape index (κ1) is 10.7. The third kappa shape index (κ3) is 2.41. The van der Waals surface area contributed by atoms with E-state index in [1.807, 2.05) is 30.3 Å². The quantitative estimate of drug-likeness (QED) is 0.556. The third-order valence-electron chi connectivity index (χ3n) is 1.99. The molecule has 2 rings (SSSR count). The fourth-order valence-electron chi connectivity index (χ4n) is 1.32. The van der Waals surface area contributed by atoms with E-state index in [0.717, 1.165) is 10.3 Å². The number of rotatable bonds is 1. The van der Waals surface area contributed by atoms with Gasteiger partial charge in [-0.1, -0.05) is 18.2 Å². The maximum atomic E-state index is 11.0. The van der Waals surface area contributed by atoms with Crippen LogP contribution in [0.4, 0.5) is 0 Å². The van der Waals surface area contributed by atoms with Crippen LogP contribution < -0.4 is 0 Å². The van der Waals surface area contributed by atoms with E-state index >= 15 is 0 Å². The first-order valence-corrected chi connectivity index (χ1v) is 5.78. The molecule has 0 atom stereocenters. The largest absolute Gasteiger partial charge is 0.456 e. The molecule has 0 spiro atoms. The number of carbonyl (C=O) groups excluding carboxylic acids is 1. The minimum absolute atomic E-state index is 0.361. The fraction of sp³-hybridized carbons (Fsp3) is 0.154. The molecule has 0 aliphatic heterocycles. The minimum atomic E-state index is -0.472. The predicted octanol–water partition coefficient (Wildman–Crippen LogP) is 2.82. The van der Waals surface area contributed by atoms with Crippen molar-refractivity contribution in [2.75, 3.05) is 6.61 Å². The molecule has 0 saturated heterocycles. The number of hydrogen-bond acceptors (Lipinski definition) is 3. The van der Waals surface area contributed by atoms with Crippen molar-refractivity contribution in [1.29, 1.82) is 0 Å². The molecule has 80 valence electrons. The molecule has 0 saturated carbocycles. The van der Waals surface area contributed by atoms with Gasteiger partial charge in [0.25, 0.3) is 0 Å². The van der Waals surface area contributed by atoms with Crippen LogP contribution in [0.3, 0.4) is 0 Å². The van der Waals surface area contributed by atoms with Crippen LogP contribution in [0.25, 0.3) is 10.1 Å². The lowest BCUT2D eigenvalue weighted by Gasteiger charge is -1.89. The van der Waals surface area contributed by atoms with Crippen molar-refractivity contribution in [3.05, 3.63) is 35.2 Å². The van der Waals surface area contributed by atoms with Crippen molar-refractivity contribution in [3.8, 4) is 11.8 Å². The van der Waals surface area contributed by atoms with Gasteiger partial charge in [0.15, 0.2) is 0 Å². The van der Waals surface area contributed by atoms with Crippen LogP contribution in [0.1, 0.15) is 11.8 Å². The van der Waals surface area contributed by atoms with Gasteiger partial charge < -0.3 is 4.74 Å². The lowest BCUT2D eigenvalue weighted by atomic mass is 10.2. The predicted molar refractivity (Wildman–Crippen MR) is 65.3 cm³/mol. The van der Waals surface area contributed by atoms with Crippen LogP contribution in [-0.2, 0) is 9.53 Å². The van der Waals surface area contributed by atoms with E-state index in [-0.39, 0.29) is 0 Å². The van der Waals surface area contributed by atoms with Gasteiger partial charge in [-0.05, 0) is 30.4 Å². The fourth-order valence-corrected chi connectivity index (χ4v) is 2.24. The number of carbonyl (C=O) groups is 1. The van der Waals surface area contributed by atoms with Crippen LogP contribution in [0.15, 0.2) is 30.3 Å². The summed E-state index contributed by atoms with van der Waals surface area (Å²) in [6.07, 6.45) is 0. The topological polar surface area (TPSA) is 26.3 Å². The Labute approximate surface area is 97.9 Å². The highest BCUT2D eigenvalue weighted by Crippen LogP contribution is 2.24. The maximum Gasteiger partial charge on any atom is 0.384 e. The third-order valence-corrected chi connectivity index (χ3v) is 3.02. The average molecular weight is 230 g/mol. The Morgan fingerprint density at radius 3 is 3.00 bits per heavy atom. The van der Waals surface area contributed by atoms with E-state index in [1.165, 1.54) is 4.70 Å². The van der Waals surface area contributed by atoms with Gasteiger partial charge in [0.05, 0.1) is 11.5 Å².